The fraction of sp³-hybridized carbons (Fsp3) is 0.0833. The van der Waals surface area contributed by atoms with Gasteiger partial charge in [0, 0.05) is 17.1 Å². The first-order valence-electron chi connectivity index (χ1n) is 4.57. The molecule has 0 fully saturated rings. The van der Waals surface area contributed by atoms with Crippen molar-refractivity contribution < 1.29 is 4.39 Å². The van der Waals surface area contributed by atoms with Crippen LogP contribution in [-0.4, -0.2) is 4.98 Å². The molecule has 0 aliphatic carbocycles. The highest BCUT2D eigenvalue weighted by Gasteiger charge is 2.06. The number of pyridine rings is 1. The van der Waals surface area contributed by atoms with E-state index in [0.717, 1.165) is 11.1 Å². The zero-order valence-electron chi connectivity index (χ0n) is 7.95. The normalized spacial score (nSPS) is 10.3. The summed E-state index contributed by atoms with van der Waals surface area (Å²) in [6.07, 6.45) is 1.54. The van der Waals surface area contributed by atoms with Gasteiger partial charge in [0.1, 0.15) is 0 Å². The van der Waals surface area contributed by atoms with Gasteiger partial charge >= 0.3 is 0 Å². The number of hydrogen-bond acceptors (Lipinski definition) is 1. The highest BCUT2D eigenvalue weighted by molar-refractivity contribution is 9.08. The minimum Gasteiger partial charge on any atom is -0.227 e. The molecular weight excluding hydrogens is 257 g/mol. The monoisotopic (exact) mass is 265 g/mol. The summed E-state index contributed by atoms with van der Waals surface area (Å²) in [5.41, 5.74) is 2.37. The average molecular weight is 266 g/mol. The van der Waals surface area contributed by atoms with Crippen LogP contribution in [0.4, 0.5) is 4.39 Å². The molecule has 1 heterocycles. The molecule has 0 atom stereocenters. The Balaban J connectivity index is 2.52. The summed E-state index contributed by atoms with van der Waals surface area (Å²) in [5.74, 6) is -0.425. The van der Waals surface area contributed by atoms with Gasteiger partial charge in [-0.25, -0.2) is 4.98 Å². The van der Waals surface area contributed by atoms with E-state index in [1.807, 2.05) is 36.4 Å². The smallest absolute Gasteiger partial charge is 0.220 e. The lowest BCUT2D eigenvalue weighted by Crippen LogP contribution is -1.91. The van der Waals surface area contributed by atoms with E-state index in [1.165, 1.54) is 6.20 Å². The van der Waals surface area contributed by atoms with Crippen LogP contribution in [0.15, 0.2) is 42.6 Å². The lowest BCUT2D eigenvalue weighted by atomic mass is 10.1. The lowest BCUT2D eigenvalue weighted by molar-refractivity contribution is 0.586. The van der Waals surface area contributed by atoms with Crippen molar-refractivity contribution in [3.05, 3.63) is 54.1 Å². The largest absolute Gasteiger partial charge is 0.227 e. The van der Waals surface area contributed by atoms with Crippen LogP contribution in [0.2, 0.25) is 0 Å². The second kappa shape index (κ2) is 4.53. The zero-order valence-corrected chi connectivity index (χ0v) is 9.54. The van der Waals surface area contributed by atoms with E-state index in [-0.39, 0.29) is 0 Å². The Morgan fingerprint density at radius 3 is 2.60 bits per heavy atom. The number of nitrogens with zero attached hydrogens (tertiary/aromatic N) is 1. The van der Waals surface area contributed by atoms with E-state index in [4.69, 9.17) is 0 Å². The van der Waals surface area contributed by atoms with Crippen molar-refractivity contribution in [3.8, 4) is 11.1 Å². The summed E-state index contributed by atoms with van der Waals surface area (Å²) < 4.78 is 13.5. The maximum atomic E-state index is 13.5. The quantitative estimate of drug-likeness (QED) is 0.595. The Morgan fingerprint density at radius 2 is 1.93 bits per heavy atom. The third-order valence-electron chi connectivity index (χ3n) is 2.13. The van der Waals surface area contributed by atoms with Gasteiger partial charge in [-0.15, -0.1) is 0 Å². The first-order chi connectivity index (χ1) is 7.31. The van der Waals surface area contributed by atoms with E-state index in [9.17, 15) is 4.39 Å². The number of benzene rings is 1. The fourth-order valence-corrected chi connectivity index (χ4v) is 1.69. The maximum absolute atomic E-state index is 13.5. The molecular formula is C12H9BrFN. The van der Waals surface area contributed by atoms with Crippen molar-refractivity contribution in [2.75, 3.05) is 0 Å². The predicted octanol–water partition coefficient (Wildman–Crippen LogP) is 3.78. The molecule has 0 saturated heterocycles. The predicted molar refractivity (Wildman–Crippen MR) is 62.3 cm³/mol. The van der Waals surface area contributed by atoms with Crippen LogP contribution in [0.1, 0.15) is 5.56 Å². The molecule has 3 heteroatoms. The maximum Gasteiger partial charge on any atom is 0.220 e. The molecule has 0 radical (unpaired) electrons. The van der Waals surface area contributed by atoms with Crippen LogP contribution in [0.3, 0.4) is 0 Å². The first kappa shape index (κ1) is 10.3. The second-order valence-corrected chi connectivity index (χ2v) is 3.74. The van der Waals surface area contributed by atoms with Gasteiger partial charge < -0.3 is 0 Å². The molecule has 0 amide bonds. The molecule has 0 N–H and O–H groups in total. The van der Waals surface area contributed by atoms with E-state index in [2.05, 4.69) is 20.9 Å². The minimum atomic E-state index is -0.425. The van der Waals surface area contributed by atoms with Crippen LogP contribution in [0.5, 0.6) is 0 Å². The molecule has 0 saturated carbocycles. The Bertz CT molecular complexity index is 456. The molecule has 2 rings (SSSR count). The second-order valence-electron chi connectivity index (χ2n) is 3.18. The SMILES string of the molecule is Fc1ncc(CBr)cc1-c1ccccc1. The van der Waals surface area contributed by atoms with E-state index >= 15 is 0 Å². The topological polar surface area (TPSA) is 12.9 Å². The third kappa shape index (κ3) is 2.23. The van der Waals surface area contributed by atoms with E-state index in [0.29, 0.717) is 10.9 Å². The fourth-order valence-electron chi connectivity index (χ4n) is 1.38. The Labute approximate surface area is 96.1 Å². The number of rotatable bonds is 2. The Hall–Kier alpha value is -1.22. The van der Waals surface area contributed by atoms with Crippen molar-refractivity contribution in [2.24, 2.45) is 0 Å². The summed E-state index contributed by atoms with van der Waals surface area (Å²) in [6.45, 7) is 0. The van der Waals surface area contributed by atoms with Gasteiger partial charge in [0.25, 0.3) is 0 Å². The van der Waals surface area contributed by atoms with Gasteiger partial charge in [-0.2, -0.15) is 4.39 Å². The van der Waals surface area contributed by atoms with Gasteiger partial charge in [-0.1, -0.05) is 46.3 Å². The summed E-state index contributed by atoms with van der Waals surface area (Å²) in [5, 5.41) is 0.681. The Kier molecular flexibility index (Phi) is 3.11. The molecule has 0 bridgehead atoms. The third-order valence-corrected chi connectivity index (χ3v) is 2.78. The number of alkyl halides is 1. The van der Waals surface area contributed by atoms with Gasteiger partial charge in [-0.05, 0) is 17.2 Å². The van der Waals surface area contributed by atoms with Crippen molar-refractivity contribution in [3.63, 3.8) is 0 Å². The molecule has 0 aliphatic rings. The molecule has 0 unspecified atom stereocenters. The first-order valence-corrected chi connectivity index (χ1v) is 5.69. The standard InChI is InChI=1S/C12H9BrFN/c13-7-9-6-11(12(14)15-8-9)10-4-2-1-3-5-10/h1-6,8H,7H2. The minimum absolute atomic E-state index is 0.425. The Morgan fingerprint density at radius 1 is 1.20 bits per heavy atom. The number of hydrogen-bond donors (Lipinski definition) is 0. The van der Waals surface area contributed by atoms with Crippen molar-refractivity contribution in [2.45, 2.75) is 5.33 Å². The van der Waals surface area contributed by atoms with Crippen LogP contribution in [0, 0.1) is 5.95 Å². The highest BCUT2D eigenvalue weighted by Crippen LogP contribution is 2.22. The van der Waals surface area contributed by atoms with E-state index < -0.39 is 5.95 Å². The van der Waals surface area contributed by atoms with Gasteiger partial charge in [-0.3, -0.25) is 0 Å². The van der Waals surface area contributed by atoms with Crippen molar-refractivity contribution in [1.82, 2.24) is 4.98 Å². The molecule has 76 valence electrons. The zero-order chi connectivity index (χ0) is 10.7. The van der Waals surface area contributed by atoms with Crippen LogP contribution < -0.4 is 0 Å². The summed E-state index contributed by atoms with van der Waals surface area (Å²) >= 11 is 3.33. The summed E-state index contributed by atoms with van der Waals surface area (Å²) in [7, 11) is 0. The van der Waals surface area contributed by atoms with Crippen molar-refractivity contribution >= 4 is 15.9 Å². The molecule has 1 nitrogen and oxygen atoms in total. The molecule has 1 aromatic carbocycles. The molecule has 0 aliphatic heterocycles. The van der Waals surface area contributed by atoms with Gasteiger partial charge in [0.2, 0.25) is 5.95 Å². The van der Waals surface area contributed by atoms with Crippen molar-refractivity contribution in [1.29, 1.82) is 0 Å². The molecule has 15 heavy (non-hydrogen) atoms. The number of halogens is 2. The molecule has 1 aromatic heterocycles. The molecule has 2 aromatic rings. The summed E-state index contributed by atoms with van der Waals surface area (Å²) in [4.78, 5) is 3.73. The van der Waals surface area contributed by atoms with Gasteiger partial charge in [0.05, 0.1) is 0 Å². The van der Waals surface area contributed by atoms with E-state index in [1.54, 1.807) is 0 Å². The summed E-state index contributed by atoms with van der Waals surface area (Å²) in [6, 6.07) is 11.2. The van der Waals surface area contributed by atoms with Gasteiger partial charge in [0.15, 0.2) is 0 Å². The van der Waals surface area contributed by atoms with Crippen LogP contribution >= 0.6 is 15.9 Å². The molecule has 0 spiro atoms. The van der Waals surface area contributed by atoms with Crippen LogP contribution in [0.25, 0.3) is 11.1 Å². The highest BCUT2D eigenvalue weighted by atomic mass is 79.9. The number of aromatic nitrogens is 1. The average Bonchev–Trinajstić information content (AvgIpc) is 2.31. The lowest BCUT2D eigenvalue weighted by Gasteiger charge is -2.04. The van der Waals surface area contributed by atoms with Crippen LogP contribution in [-0.2, 0) is 5.33 Å².